The van der Waals surface area contributed by atoms with Gasteiger partial charge in [-0.2, -0.15) is 0 Å². The summed E-state index contributed by atoms with van der Waals surface area (Å²) >= 11 is 0. The maximum Gasteiger partial charge on any atom is 0.335 e. The maximum atomic E-state index is 10.7. The number of benzene rings is 1. The lowest BCUT2D eigenvalue weighted by molar-refractivity contribution is 0.0697. The van der Waals surface area contributed by atoms with E-state index >= 15 is 0 Å². The molecule has 0 aliphatic rings. The van der Waals surface area contributed by atoms with E-state index in [1.807, 2.05) is 27.1 Å². The molecule has 1 aromatic rings. The van der Waals surface area contributed by atoms with E-state index in [4.69, 9.17) is 5.11 Å². The Labute approximate surface area is 120 Å². The highest BCUT2D eigenvalue weighted by atomic mass is 35.5. The predicted octanol–water partition coefficient (Wildman–Crippen LogP) is 2.51. The first-order valence-electron chi connectivity index (χ1n) is 5.23. The number of aromatic carboxylic acids is 1. The number of aryl methyl sites for hydroxylation is 1. The zero-order valence-corrected chi connectivity index (χ0v) is 12.4. The van der Waals surface area contributed by atoms with Crippen molar-refractivity contribution in [3.8, 4) is 0 Å². The lowest BCUT2D eigenvalue weighted by atomic mass is 10.1. The van der Waals surface area contributed by atoms with Gasteiger partial charge in [-0.15, -0.1) is 24.8 Å². The number of anilines is 1. The molecule has 104 valence electrons. The normalized spacial score (nSPS) is 9.33. The smallest absolute Gasteiger partial charge is 0.335 e. The van der Waals surface area contributed by atoms with Crippen molar-refractivity contribution < 1.29 is 9.90 Å². The zero-order chi connectivity index (χ0) is 12.1. The number of likely N-dealkylation sites (N-methyl/N-ethyl adjacent to an activating group) is 1. The molecule has 0 unspecified atom stereocenters. The van der Waals surface area contributed by atoms with Crippen molar-refractivity contribution in [1.29, 1.82) is 0 Å². The van der Waals surface area contributed by atoms with Crippen molar-refractivity contribution in [1.82, 2.24) is 4.90 Å². The SMILES string of the molecule is Cc1cc(C(=O)O)ccc1NCCN(C)C.Cl.Cl. The molecule has 0 spiro atoms. The van der Waals surface area contributed by atoms with Crippen LogP contribution in [0.25, 0.3) is 0 Å². The van der Waals surface area contributed by atoms with Gasteiger partial charge in [-0.25, -0.2) is 4.79 Å². The number of nitrogens with one attached hydrogen (secondary N) is 1. The molecule has 0 aliphatic carbocycles. The summed E-state index contributed by atoms with van der Waals surface area (Å²) in [6, 6.07) is 5.11. The van der Waals surface area contributed by atoms with Crippen LogP contribution in [-0.2, 0) is 0 Å². The molecule has 18 heavy (non-hydrogen) atoms. The van der Waals surface area contributed by atoms with Gasteiger partial charge in [-0.05, 0) is 44.8 Å². The topological polar surface area (TPSA) is 52.6 Å². The van der Waals surface area contributed by atoms with Crippen molar-refractivity contribution in [3.63, 3.8) is 0 Å². The fourth-order valence-electron chi connectivity index (χ4n) is 1.41. The van der Waals surface area contributed by atoms with E-state index < -0.39 is 5.97 Å². The highest BCUT2D eigenvalue weighted by Crippen LogP contribution is 2.16. The zero-order valence-electron chi connectivity index (χ0n) is 10.8. The molecule has 0 amide bonds. The van der Waals surface area contributed by atoms with Gasteiger partial charge in [0.25, 0.3) is 0 Å². The molecular weight excluding hydrogens is 275 g/mol. The molecule has 0 aromatic heterocycles. The van der Waals surface area contributed by atoms with E-state index in [0.29, 0.717) is 5.56 Å². The summed E-state index contributed by atoms with van der Waals surface area (Å²) in [5.41, 5.74) is 2.28. The van der Waals surface area contributed by atoms with Crippen molar-refractivity contribution >= 4 is 36.5 Å². The number of carbonyl (C=O) groups is 1. The third kappa shape index (κ3) is 6.10. The standard InChI is InChI=1S/C12H18N2O2.2ClH/c1-9-8-10(12(15)16)4-5-11(9)13-6-7-14(2)3;;/h4-5,8,13H,6-7H2,1-3H3,(H,15,16);2*1H. The average molecular weight is 295 g/mol. The summed E-state index contributed by atoms with van der Waals surface area (Å²) in [6.07, 6.45) is 0. The first-order valence-corrected chi connectivity index (χ1v) is 5.23. The van der Waals surface area contributed by atoms with Crippen LogP contribution in [0.3, 0.4) is 0 Å². The summed E-state index contributed by atoms with van der Waals surface area (Å²) < 4.78 is 0. The molecule has 1 rings (SSSR count). The molecule has 0 radical (unpaired) electrons. The fourth-order valence-corrected chi connectivity index (χ4v) is 1.41. The van der Waals surface area contributed by atoms with Crippen molar-refractivity contribution in [2.75, 3.05) is 32.5 Å². The minimum absolute atomic E-state index is 0. The van der Waals surface area contributed by atoms with Crippen LogP contribution in [0, 0.1) is 6.92 Å². The largest absolute Gasteiger partial charge is 0.478 e. The van der Waals surface area contributed by atoms with Crippen LogP contribution in [0.5, 0.6) is 0 Å². The summed E-state index contributed by atoms with van der Waals surface area (Å²) in [5, 5.41) is 12.1. The van der Waals surface area contributed by atoms with Gasteiger partial charge in [0.2, 0.25) is 0 Å². The van der Waals surface area contributed by atoms with Crippen LogP contribution < -0.4 is 5.32 Å². The number of hydrogen-bond donors (Lipinski definition) is 2. The van der Waals surface area contributed by atoms with Crippen LogP contribution in [0.4, 0.5) is 5.69 Å². The van der Waals surface area contributed by atoms with E-state index in [2.05, 4.69) is 10.2 Å². The van der Waals surface area contributed by atoms with Gasteiger partial charge in [0.15, 0.2) is 0 Å². The first-order chi connectivity index (χ1) is 7.50. The second-order valence-electron chi connectivity index (χ2n) is 4.06. The molecule has 0 saturated carbocycles. The number of carboxylic acids is 1. The van der Waals surface area contributed by atoms with E-state index in [-0.39, 0.29) is 24.8 Å². The molecule has 0 saturated heterocycles. The van der Waals surface area contributed by atoms with E-state index in [9.17, 15) is 4.79 Å². The second-order valence-corrected chi connectivity index (χ2v) is 4.06. The Morgan fingerprint density at radius 2 is 1.94 bits per heavy atom. The van der Waals surface area contributed by atoms with E-state index in [0.717, 1.165) is 24.3 Å². The minimum Gasteiger partial charge on any atom is -0.478 e. The number of rotatable bonds is 5. The minimum atomic E-state index is -0.886. The lowest BCUT2D eigenvalue weighted by Gasteiger charge is -2.13. The molecule has 0 heterocycles. The van der Waals surface area contributed by atoms with Crippen LogP contribution in [0.15, 0.2) is 18.2 Å². The van der Waals surface area contributed by atoms with Crippen LogP contribution in [0.1, 0.15) is 15.9 Å². The second kappa shape index (κ2) is 9.03. The Hall–Kier alpha value is -0.970. The van der Waals surface area contributed by atoms with Crippen LogP contribution >= 0.6 is 24.8 Å². The Bertz CT molecular complexity index is 384. The Morgan fingerprint density at radius 3 is 2.39 bits per heavy atom. The molecule has 0 atom stereocenters. The molecule has 6 heteroatoms. The molecule has 2 N–H and O–H groups in total. The van der Waals surface area contributed by atoms with Crippen molar-refractivity contribution in [2.24, 2.45) is 0 Å². The van der Waals surface area contributed by atoms with Gasteiger partial charge in [0.05, 0.1) is 5.56 Å². The number of halogens is 2. The monoisotopic (exact) mass is 294 g/mol. The Morgan fingerprint density at radius 1 is 1.33 bits per heavy atom. The predicted molar refractivity (Wildman–Crippen MR) is 79.7 cm³/mol. The van der Waals surface area contributed by atoms with Gasteiger partial charge in [-0.1, -0.05) is 0 Å². The van der Waals surface area contributed by atoms with Crippen molar-refractivity contribution in [3.05, 3.63) is 29.3 Å². The molecule has 0 bridgehead atoms. The summed E-state index contributed by atoms with van der Waals surface area (Å²) in [7, 11) is 4.03. The third-order valence-electron chi connectivity index (χ3n) is 2.35. The number of nitrogens with zero attached hydrogens (tertiary/aromatic N) is 1. The Kier molecular flexibility index (Phi) is 9.71. The average Bonchev–Trinajstić information content (AvgIpc) is 2.19. The van der Waals surface area contributed by atoms with Crippen LogP contribution in [-0.4, -0.2) is 43.2 Å². The molecular formula is C12H20Cl2N2O2. The highest BCUT2D eigenvalue weighted by molar-refractivity contribution is 5.88. The molecule has 4 nitrogen and oxygen atoms in total. The molecule has 0 aliphatic heterocycles. The lowest BCUT2D eigenvalue weighted by Crippen LogP contribution is -2.21. The van der Waals surface area contributed by atoms with Gasteiger partial charge >= 0.3 is 5.97 Å². The Balaban J connectivity index is 0. The van der Waals surface area contributed by atoms with Gasteiger partial charge in [-0.3, -0.25) is 0 Å². The number of hydrogen-bond acceptors (Lipinski definition) is 3. The van der Waals surface area contributed by atoms with E-state index in [1.54, 1.807) is 12.1 Å². The van der Waals surface area contributed by atoms with Crippen LogP contribution in [0.2, 0.25) is 0 Å². The summed E-state index contributed by atoms with van der Waals surface area (Å²) in [4.78, 5) is 12.8. The van der Waals surface area contributed by atoms with Gasteiger partial charge < -0.3 is 15.3 Å². The summed E-state index contributed by atoms with van der Waals surface area (Å²) in [5.74, 6) is -0.886. The quantitative estimate of drug-likeness (QED) is 0.876. The number of carboxylic acid groups (broad SMARTS) is 1. The molecule has 0 fully saturated rings. The fraction of sp³-hybridized carbons (Fsp3) is 0.417. The van der Waals surface area contributed by atoms with E-state index in [1.165, 1.54) is 0 Å². The summed E-state index contributed by atoms with van der Waals surface area (Å²) in [6.45, 7) is 3.70. The van der Waals surface area contributed by atoms with Crippen molar-refractivity contribution in [2.45, 2.75) is 6.92 Å². The van der Waals surface area contributed by atoms with Gasteiger partial charge in [0.1, 0.15) is 0 Å². The maximum absolute atomic E-state index is 10.7. The third-order valence-corrected chi connectivity index (χ3v) is 2.35. The van der Waals surface area contributed by atoms with Gasteiger partial charge in [0, 0.05) is 18.8 Å². The highest BCUT2D eigenvalue weighted by Gasteiger charge is 2.05. The first kappa shape index (κ1) is 19.4. The molecule has 1 aromatic carbocycles.